The molecule has 196 valence electrons. The summed E-state index contributed by atoms with van der Waals surface area (Å²) in [6, 6.07) is 14.6. The quantitative estimate of drug-likeness (QED) is 0.241. The summed E-state index contributed by atoms with van der Waals surface area (Å²) in [5.74, 6) is -2.51. The number of Topliss-reactive ketones (excluding diaryl/α,β-unsaturated/α-hetero) is 1. The minimum atomic E-state index is -1.08. The molecule has 3 aromatic rings. The highest BCUT2D eigenvalue weighted by atomic mass is 35.5. The molecule has 1 heterocycles. The van der Waals surface area contributed by atoms with Gasteiger partial charge in [0.1, 0.15) is 23.0 Å². The lowest BCUT2D eigenvalue weighted by atomic mass is 9.94. The number of likely N-dealkylation sites (tertiary alicyclic amines) is 1. The van der Waals surface area contributed by atoms with Crippen LogP contribution in [-0.2, 0) is 16.1 Å². The molecule has 0 radical (unpaired) electrons. The normalized spacial score (nSPS) is 16.4. The van der Waals surface area contributed by atoms with Gasteiger partial charge in [-0.1, -0.05) is 41.9 Å². The Morgan fingerprint density at radius 3 is 2.13 bits per heavy atom. The third-order valence-electron chi connectivity index (χ3n) is 6.26. The zero-order valence-electron chi connectivity index (χ0n) is 20.7. The fourth-order valence-corrected chi connectivity index (χ4v) is 4.63. The molecule has 3 aromatic carbocycles. The largest absolute Gasteiger partial charge is 0.507 e. The van der Waals surface area contributed by atoms with Crippen molar-refractivity contribution >= 4 is 35.0 Å². The van der Waals surface area contributed by atoms with Crippen molar-refractivity contribution in [2.24, 2.45) is 0 Å². The van der Waals surface area contributed by atoms with E-state index in [1.165, 1.54) is 50.5 Å². The first kappa shape index (κ1) is 26.6. The van der Waals surface area contributed by atoms with E-state index in [2.05, 4.69) is 0 Å². The molecule has 0 saturated carbocycles. The summed E-state index contributed by atoms with van der Waals surface area (Å²) in [6.07, 6.45) is 0. The Morgan fingerprint density at radius 2 is 1.53 bits per heavy atom. The predicted molar refractivity (Wildman–Crippen MR) is 139 cm³/mol. The van der Waals surface area contributed by atoms with Crippen LogP contribution in [0.15, 0.2) is 66.2 Å². The topological polar surface area (TPSA) is 123 Å². The van der Waals surface area contributed by atoms with Crippen LogP contribution in [0.1, 0.15) is 33.1 Å². The molecule has 2 N–H and O–H groups in total. The van der Waals surface area contributed by atoms with E-state index in [1.807, 2.05) is 0 Å². The summed E-state index contributed by atoms with van der Waals surface area (Å²) in [5, 5.41) is 20.9. The van der Waals surface area contributed by atoms with Gasteiger partial charge in [0, 0.05) is 18.2 Å². The molecular formula is C28H24ClNO8. The van der Waals surface area contributed by atoms with E-state index < -0.39 is 29.5 Å². The van der Waals surface area contributed by atoms with Crippen molar-refractivity contribution in [2.75, 3.05) is 21.3 Å². The number of amides is 1. The van der Waals surface area contributed by atoms with Gasteiger partial charge in [-0.05, 0) is 29.8 Å². The van der Waals surface area contributed by atoms with Gasteiger partial charge in [0.2, 0.25) is 0 Å². The Labute approximate surface area is 223 Å². The lowest BCUT2D eigenvalue weighted by Gasteiger charge is -2.27. The molecule has 9 nitrogen and oxygen atoms in total. The number of carbonyl (C=O) groups is 3. The summed E-state index contributed by atoms with van der Waals surface area (Å²) in [6.45, 7) is -0.0367. The van der Waals surface area contributed by atoms with Crippen LogP contribution in [0.3, 0.4) is 0 Å². The monoisotopic (exact) mass is 537 g/mol. The number of aliphatic hydroxyl groups excluding tert-OH is 1. The molecule has 1 amide bonds. The van der Waals surface area contributed by atoms with Crippen LogP contribution in [0.25, 0.3) is 5.76 Å². The SMILES string of the molecule is COc1cc(/C(O)=C2\C(=O)C(=O)N(Cc3ccc(C(=O)O)cc3)C2c2ccccc2OC)c(OC)cc1Cl. The van der Waals surface area contributed by atoms with Crippen LogP contribution in [-0.4, -0.2) is 54.1 Å². The number of aliphatic hydroxyl groups is 1. The Kier molecular flexibility index (Phi) is 7.59. The summed E-state index contributed by atoms with van der Waals surface area (Å²) in [5.41, 5.74) is 1.07. The van der Waals surface area contributed by atoms with E-state index in [0.717, 1.165) is 0 Å². The lowest BCUT2D eigenvalue weighted by Crippen LogP contribution is -2.29. The van der Waals surface area contributed by atoms with Gasteiger partial charge in [-0.2, -0.15) is 0 Å². The van der Waals surface area contributed by atoms with Crippen molar-refractivity contribution in [3.63, 3.8) is 0 Å². The van der Waals surface area contributed by atoms with Gasteiger partial charge in [-0.3, -0.25) is 9.59 Å². The highest BCUT2D eigenvalue weighted by molar-refractivity contribution is 6.46. The first-order valence-corrected chi connectivity index (χ1v) is 11.7. The fourth-order valence-electron chi connectivity index (χ4n) is 4.40. The smallest absolute Gasteiger partial charge is 0.335 e. The molecule has 1 unspecified atom stereocenters. The van der Waals surface area contributed by atoms with Crippen molar-refractivity contribution in [1.29, 1.82) is 0 Å². The number of carboxylic acid groups (broad SMARTS) is 1. The molecule has 10 heteroatoms. The van der Waals surface area contributed by atoms with Crippen molar-refractivity contribution in [3.8, 4) is 17.2 Å². The van der Waals surface area contributed by atoms with E-state index in [4.69, 9.17) is 25.8 Å². The Bertz CT molecular complexity index is 1450. The molecule has 0 aromatic heterocycles. The van der Waals surface area contributed by atoms with Gasteiger partial charge >= 0.3 is 5.97 Å². The Morgan fingerprint density at radius 1 is 0.895 bits per heavy atom. The van der Waals surface area contributed by atoms with Gasteiger partial charge in [-0.25, -0.2) is 4.79 Å². The second-order valence-corrected chi connectivity index (χ2v) is 8.77. The van der Waals surface area contributed by atoms with Crippen LogP contribution in [0, 0.1) is 0 Å². The highest BCUT2D eigenvalue weighted by Gasteiger charge is 2.47. The number of aromatic carboxylic acids is 1. The van der Waals surface area contributed by atoms with Crippen molar-refractivity contribution < 1.29 is 38.8 Å². The first-order chi connectivity index (χ1) is 18.2. The maximum absolute atomic E-state index is 13.4. The lowest BCUT2D eigenvalue weighted by molar-refractivity contribution is -0.140. The molecule has 1 atom stereocenters. The number of carboxylic acids is 1. The van der Waals surface area contributed by atoms with Crippen molar-refractivity contribution in [2.45, 2.75) is 12.6 Å². The molecule has 4 rings (SSSR count). The second kappa shape index (κ2) is 10.9. The van der Waals surface area contributed by atoms with Crippen molar-refractivity contribution in [3.05, 3.63) is 93.5 Å². The summed E-state index contributed by atoms with van der Waals surface area (Å²) >= 11 is 6.22. The first-order valence-electron chi connectivity index (χ1n) is 11.4. The fraction of sp³-hybridized carbons (Fsp3) is 0.179. The zero-order chi connectivity index (χ0) is 27.6. The number of para-hydroxylation sites is 1. The highest BCUT2D eigenvalue weighted by Crippen LogP contribution is 2.45. The van der Waals surface area contributed by atoms with E-state index in [0.29, 0.717) is 16.9 Å². The van der Waals surface area contributed by atoms with E-state index in [9.17, 15) is 24.6 Å². The molecule has 1 aliphatic rings. The number of hydrogen-bond donors (Lipinski definition) is 2. The number of methoxy groups -OCH3 is 3. The van der Waals surface area contributed by atoms with Gasteiger partial charge < -0.3 is 29.3 Å². The number of rotatable bonds is 8. The molecular weight excluding hydrogens is 514 g/mol. The van der Waals surface area contributed by atoms with Gasteiger partial charge in [0.25, 0.3) is 11.7 Å². The Balaban J connectivity index is 1.92. The summed E-state index contributed by atoms with van der Waals surface area (Å²) in [4.78, 5) is 39.4. The van der Waals surface area contributed by atoms with Crippen LogP contribution in [0.2, 0.25) is 5.02 Å². The number of hydrogen-bond acceptors (Lipinski definition) is 7. The van der Waals surface area contributed by atoms with Crippen molar-refractivity contribution in [1.82, 2.24) is 4.90 Å². The molecule has 1 aliphatic heterocycles. The van der Waals surface area contributed by atoms with E-state index in [-0.39, 0.29) is 39.8 Å². The van der Waals surface area contributed by atoms with E-state index >= 15 is 0 Å². The van der Waals surface area contributed by atoms with Gasteiger partial charge in [-0.15, -0.1) is 0 Å². The number of halogens is 1. The van der Waals surface area contributed by atoms with Crippen LogP contribution in [0.5, 0.6) is 17.2 Å². The number of carbonyl (C=O) groups excluding carboxylic acids is 2. The Hall–Kier alpha value is -4.50. The maximum atomic E-state index is 13.4. The van der Waals surface area contributed by atoms with E-state index in [1.54, 1.807) is 36.4 Å². The average Bonchev–Trinajstić information content (AvgIpc) is 3.17. The summed E-state index contributed by atoms with van der Waals surface area (Å²) in [7, 11) is 4.25. The second-order valence-electron chi connectivity index (χ2n) is 8.36. The number of ketones is 1. The number of ether oxygens (including phenoxy) is 3. The maximum Gasteiger partial charge on any atom is 0.335 e. The van der Waals surface area contributed by atoms with Gasteiger partial charge in [0.15, 0.2) is 0 Å². The average molecular weight is 538 g/mol. The molecule has 1 saturated heterocycles. The molecule has 0 bridgehead atoms. The minimum Gasteiger partial charge on any atom is -0.507 e. The van der Waals surface area contributed by atoms with Crippen LogP contribution >= 0.6 is 11.6 Å². The molecule has 1 fully saturated rings. The molecule has 38 heavy (non-hydrogen) atoms. The molecule has 0 aliphatic carbocycles. The summed E-state index contributed by atoms with van der Waals surface area (Å²) < 4.78 is 16.2. The third-order valence-corrected chi connectivity index (χ3v) is 6.55. The standard InChI is InChI=1S/C28H24ClNO8/c1-36-20-7-5-4-6-17(20)24-23(25(31)18-12-22(38-3)19(29)13-21(18)37-2)26(32)27(33)30(24)14-15-8-10-16(11-9-15)28(34)35/h4-13,24,31H,14H2,1-3H3,(H,34,35)/b25-23+. The molecule has 0 spiro atoms. The number of benzene rings is 3. The van der Waals surface area contributed by atoms with Crippen LogP contribution in [0.4, 0.5) is 0 Å². The third kappa shape index (κ3) is 4.76. The minimum absolute atomic E-state index is 0.0367. The zero-order valence-corrected chi connectivity index (χ0v) is 21.5. The predicted octanol–water partition coefficient (Wildman–Crippen LogP) is 4.69. The van der Waals surface area contributed by atoms with Gasteiger partial charge in [0.05, 0.1) is 49.1 Å². The van der Waals surface area contributed by atoms with Crippen LogP contribution < -0.4 is 14.2 Å². The number of nitrogens with zero attached hydrogens (tertiary/aromatic N) is 1.